The van der Waals surface area contributed by atoms with Crippen LogP contribution in [0.1, 0.15) is 0 Å². The predicted octanol–water partition coefficient (Wildman–Crippen LogP) is 2.38. The van der Waals surface area contributed by atoms with Gasteiger partial charge in [0.25, 0.3) is 0 Å². The molecule has 0 aromatic heterocycles. The molecule has 0 heterocycles. The van der Waals surface area contributed by atoms with Crippen molar-refractivity contribution in [2.75, 3.05) is 0 Å². The van der Waals surface area contributed by atoms with Crippen LogP contribution in [-0.2, 0) is 0 Å². The molecule has 0 spiro atoms. The first-order chi connectivity index (χ1) is 2.00. The van der Waals surface area contributed by atoms with Gasteiger partial charge in [-0.1, -0.05) is 0 Å². The van der Waals surface area contributed by atoms with Gasteiger partial charge in [0.1, 0.15) is 0 Å². The van der Waals surface area contributed by atoms with Gasteiger partial charge in [-0.3, -0.25) is 0 Å². The molecular weight excluding hydrogens is 264 g/mol. The SMILES string of the molecule is [Cl][Sb-]([Cl])([Cl])[Cl]. The Hall–Kier alpha value is 1.98. The molecule has 0 nitrogen and oxygen atoms in total. The van der Waals surface area contributed by atoms with Gasteiger partial charge in [0.2, 0.25) is 0 Å². The first kappa shape index (κ1) is 6.98. The molecule has 5 heteroatoms. The fourth-order valence-corrected chi connectivity index (χ4v) is 0. The fraction of sp³-hybridized carbons (Fsp3) is 0. The Morgan fingerprint density at radius 1 is 0.800 bits per heavy atom. The van der Waals surface area contributed by atoms with Gasteiger partial charge >= 0.3 is 49.6 Å². The third-order valence-corrected chi connectivity index (χ3v) is 0. The molecule has 0 aliphatic rings. The van der Waals surface area contributed by atoms with E-state index in [4.69, 9.17) is 35.3 Å². The third kappa shape index (κ3) is 24.2. The Bertz CT molecular complexity index is 19.1. The van der Waals surface area contributed by atoms with E-state index in [1.54, 1.807) is 0 Å². The Kier molecular flexibility index (Phi) is 3.25. The predicted molar refractivity (Wildman–Crippen MR) is 29.2 cm³/mol. The summed E-state index contributed by atoms with van der Waals surface area (Å²) < 4.78 is 0. The van der Waals surface area contributed by atoms with Crippen LogP contribution in [0.25, 0.3) is 0 Å². The van der Waals surface area contributed by atoms with Crippen molar-refractivity contribution in [2.24, 2.45) is 0 Å². The van der Waals surface area contributed by atoms with E-state index in [1.807, 2.05) is 0 Å². The molecule has 34 valence electrons. The molecule has 0 aromatic rings. The summed E-state index contributed by atoms with van der Waals surface area (Å²) in [5.74, 6) is 0. The molecule has 0 N–H and O–H groups in total. The second-order valence-electron chi connectivity index (χ2n) is 0.383. The van der Waals surface area contributed by atoms with Crippen molar-refractivity contribution >= 4 is 49.6 Å². The molecule has 0 fully saturated rings. The normalized spacial score (nSPS) is 15.2. The minimum atomic E-state index is -3.21. The number of hydrogen-bond acceptors (Lipinski definition) is 0. The zero-order chi connectivity index (χ0) is 4.50. The van der Waals surface area contributed by atoms with Crippen LogP contribution in [0.15, 0.2) is 0 Å². The summed E-state index contributed by atoms with van der Waals surface area (Å²) in [5, 5.41) is 0. The molecule has 0 amide bonds. The van der Waals surface area contributed by atoms with Gasteiger partial charge in [-0.2, -0.15) is 0 Å². The average molecular weight is 264 g/mol. The van der Waals surface area contributed by atoms with Crippen molar-refractivity contribution in [2.45, 2.75) is 0 Å². The monoisotopic (exact) mass is 261 g/mol. The summed E-state index contributed by atoms with van der Waals surface area (Å²) in [4.78, 5) is 0. The summed E-state index contributed by atoms with van der Waals surface area (Å²) in [6.45, 7) is 0. The minimum absolute atomic E-state index is 3.21. The van der Waals surface area contributed by atoms with Crippen LogP contribution in [0.4, 0.5) is 0 Å². The molecule has 0 saturated carbocycles. The van der Waals surface area contributed by atoms with Gasteiger partial charge in [0, 0.05) is 0 Å². The molecule has 0 bridgehead atoms. The Labute approximate surface area is 49.0 Å². The maximum atomic E-state index is 5.03. The summed E-state index contributed by atoms with van der Waals surface area (Å²) in [5.41, 5.74) is 0. The molecule has 0 atom stereocenters. The van der Waals surface area contributed by atoms with Crippen molar-refractivity contribution in [3.8, 4) is 0 Å². The number of hydrogen-bond donors (Lipinski definition) is 0. The summed E-state index contributed by atoms with van der Waals surface area (Å²) in [6, 6.07) is 0. The molecule has 0 radical (unpaired) electrons. The van der Waals surface area contributed by atoms with E-state index in [9.17, 15) is 0 Å². The van der Waals surface area contributed by atoms with Gasteiger partial charge in [-0.05, 0) is 0 Å². The number of halogens is 4. The molecular formula is Cl4Sb-. The van der Waals surface area contributed by atoms with Gasteiger partial charge in [0.05, 0.1) is 0 Å². The van der Waals surface area contributed by atoms with Crippen LogP contribution in [0.2, 0.25) is 0 Å². The molecule has 5 heavy (non-hydrogen) atoms. The van der Waals surface area contributed by atoms with E-state index in [-0.39, 0.29) is 0 Å². The van der Waals surface area contributed by atoms with E-state index in [0.717, 1.165) is 0 Å². The van der Waals surface area contributed by atoms with E-state index < -0.39 is 14.2 Å². The Balaban J connectivity index is 3.02. The topological polar surface area (TPSA) is 0 Å². The zero-order valence-corrected chi connectivity index (χ0v) is 7.54. The van der Waals surface area contributed by atoms with Crippen molar-refractivity contribution in [1.29, 1.82) is 0 Å². The van der Waals surface area contributed by atoms with Gasteiger partial charge in [0.15, 0.2) is 0 Å². The quantitative estimate of drug-likeness (QED) is 0.589. The molecule has 0 unspecified atom stereocenters. The van der Waals surface area contributed by atoms with Crippen LogP contribution in [0.5, 0.6) is 0 Å². The molecule has 0 saturated heterocycles. The Morgan fingerprint density at radius 2 is 0.800 bits per heavy atom. The molecule has 0 aromatic carbocycles. The van der Waals surface area contributed by atoms with Crippen LogP contribution in [0.3, 0.4) is 0 Å². The van der Waals surface area contributed by atoms with Gasteiger partial charge in [-0.25, -0.2) is 0 Å². The summed E-state index contributed by atoms with van der Waals surface area (Å²) in [6.07, 6.45) is 0. The molecule has 0 aliphatic carbocycles. The average Bonchev–Trinajstić information content (AvgIpc) is 0.722. The van der Waals surface area contributed by atoms with E-state index in [2.05, 4.69) is 0 Å². The molecule has 0 rings (SSSR count). The van der Waals surface area contributed by atoms with Gasteiger partial charge < -0.3 is 0 Å². The van der Waals surface area contributed by atoms with Crippen molar-refractivity contribution in [3.05, 3.63) is 0 Å². The van der Waals surface area contributed by atoms with E-state index >= 15 is 0 Å². The second kappa shape index (κ2) is 2.33. The number of rotatable bonds is 0. The van der Waals surface area contributed by atoms with E-state index in [0.29, 0.717) is 0 Å². The van der Waals surface area contributed by atoms with Crippen LogP contribution in [0, 0.1) is 0 Å². The Morgan fingerprint density at radius 3 is 0.800 bits per heavy atom. The first-order valence-electron chi connectivity index (χ1n) is 0.676. The summed E-state index contributed by atoms with van der Waals surface area (Å²) in [7, 11) is 20.1. The van der Waals surface area contributed by atoms with Crippen molar-refractivity contribution < 1.29 is 0 Å². The maximum absolute atomic E-state index is 5.03. The van der Waals surface area contributed by atoms with Crippen LogP contribution in [-0.4, -0.2) is 14.2 Å². The standard InChI is InChI=1S/4ClH.Sb/h4*1H;/q;;;;+3/p-4. The molecule has 0 aliphatic heterocycles. The van der Waals surface area contributed by atoms with Crippen LogP contribution >= 0.6 is 35.3 Å². The van der Waals surface area contributed by atoms with Crippen molar-refractivity contribution in [1.82, 2.24) is 0 Å². The zero-order valence-electron chi connectivity index (χ0n) is 1.96. The van der Waals surface area contributed by atoms with Crippen molar-refractivity contribution in [3.63, 3.8) is 0 Å². The first-order valence-corrected chi connectivity index (χ1v) is 13.6. The van der Waals surface area contributed by atoms with Crippen LogP contribution < -0.4 is 0 Å². The summed E-state index contributed by atoms with van der Waals surface area (Å²) >= 11 is -3.21. The third-order valence-electron chi connectivity index (χ3n) is 0. The fourth-order valence-electron chi connectivity index (χ4n) is 0. The second-order valence-corrected chi connectivity index (χ2v) is 23.1. The van der Waals surface area contributed by atoms with Gasteiger partial charge in [-0.15, -0.1) is 0 Å². The van der Waals surface area contributed by atoms with E-state index in [1.165, 1.54) is 0 Å².